The lowest BCUT2D eigenvalue weighted by Crippen LogP contribution is -1.87. The van der Waals surface area contributed by atoms with E-state index in [2.05, 4.69) is 4.98 Å². The predicted molar refractivity (Wildman–Crippen MR) is 45.5 cm³/mol. The Bertz CT molecular complexity index is 431. The zero-order valence-electron chi connectivity index (χ0n) is 7.63. The van der Waals surface area contributed by atoms with E-state index in [0.717, 1.165) is 16.6 Å². The summed E-state index contributed by atoms with van der Waals surface area (Å²) in [5.74, 6) is 0. The Balaban J connectivity index is 2.99. The second kappa shape index (κ2) is 2.09. The first-order valence-electron chi connectivity index (χ1n) is 4.07. The van der Waals surface area contributed by atoms with Gasteiger partial charge in [-0.25, -0.2) is 4.98 Å². The van der Waals surface area contributed by atoms with Crippen LogP contribution in [0.25, 0.3) is 11.0 Å². The number of nitrogens with zero attached hydrogens (tertiary/aromatic N) is 2. The maximum absolute atomic E-state index is 7.66. The first-order valence-corrected chi connectivity index (χ1v) is 3.57. The summed E-state index contributed by atoms with van der Waals surface area (Å²) in [5.41, 5.74) is 2.01. The first-order chi connectivity index (χ1) is 5.70. The van der Waals surface area contributed by atoms with Crippen molar-refractivity contribution in [3.63, 3.8) is 0 Å². The summed E-state index contributed by atoms with van der Waals surface area (Å²) >= 11 is 0. The Morgan fingerprint density at radius 2 is 2.45 bits per heavy atom. The van der Waals surface area contributed by atoms with Gasteiger partial charge in [-0.3, -0.25) is 0 Å². The maximum Gasteiger partial charge on any atom is 0.139 e. The smallest absolute Gasteiger partial charge is 0.139 e. The van der Waals surface area contributed by atoms with Gasteiger partial charge >= 0.3 is 0 Å². The standard InChI is InChI=1S/C9H10N2/c1-7-3-5-10-9-8(7)4-6-11(9)2/h3-6H,1-2H3/i4T. The van der Waals surface area contributed by atoms with Gasteiger partial charge in [0, 0.05) is 24.8 Å². The third-order valence-electron chi connectivity index (χ3n) is 1.88. The zero-order chi connectivity index (χ0) is 8.72. The summed E-state index contributed by atoms with van der Waals surface area (Å²) in [7, 11) is 1.91. The lowest BCUT2D eigenvalue weighted by molar-refractivity contribution is 0.948. The highest BCUT2D eigenvalue weighted by Crippen LogP contribution is 2.15. The maximum atomic E-state index is 7.66. The summed E-state index contributed by atoms with van der Waals surface area (Å²) < 4.78 is 9.54. The fourth-order valence-corrected chi connectivity index (χ4v) is 1.21. The molecule has 0 unspecified atom stereocenters. The zero-order valence-corrected chi connectivity index (χ0v) is 6.63. The van der Waals surface area contributed by atoms with E-state index in [1.165, 1.54) is 0 Å². The van der Waals surface area contributed by atoms with Crippen molar-refractivity contribution in [3.05, 3.63) is 30.1 Å². The van der Waals surface area contributed by atoms with Crippen LogP contribution in [0.3, 0.4) is 0 Å². The van der Waals surface area contributed by atoms with E-state index >= 15 is 0 Å². The van der Waals surface area contributed by atoms with Gasteiger partial charge < -0.3 is 4.57 Å². The van der Waals surface area contributed by atoms with E-state index in [9.17, 15) is 0 Å². The topological polar surface area (TPSA) is 17.8 Å². The molecule has 0 saturated carbocycles. The van der Waals surface area contributed by atoms with Crippen molar-refractivity contribution in [1.29, 1.82) is 0 Å². The van der Waals surface area contributed by atoms with Gasteiger partial charge in [0.2, 0.25) is 0 Å². The quantitative estimate of drug-likeness (QED) is 0.557. The highest BCUT2D eigenvalue weighted by Gasteiger charge is 1.99. The summed E-state index contributed by atoms with van der Waals surface area (Å²) in [6.07, 6.45) is 3.56. The Kier molecular flexibility index (Phi) is 1.02. The van der Waals surface area contributed by atoms with Crippen LogP contribution in [0.2, 0.25) is 0 Å². The molecule has 2 rings (SSSR count). The van der Waals surface area contributed by atoms with Crippen LogP contribution in [0.4, 0.5) is 0 Å². The lowest BCUT2D eigenvalue weighted by Gasteiger charge is -1.95. The molecule has 2 aromatic rings. The van der Waals surface area contributed by atoms with Gasteiger partial charge in [0.1, 0.15) is 5.65 Å². The Labute approximate surface area is 66.9 Å². The predicted octanol–water partition coefficient (Wildman–Crippen LogP) is 1.88. The summed E-state index contributed by atoms with van der Waals surface area (Å²) in [4.78, 5) is 4.21. The third kappa shape index (κ3) is 0.827. The van der Waals surface area contributed by atoms with Crippen LogP contribution in [-0.4, -0.2) is 9.55 Å². The van der Waals surface area contributed by atoms with Crippen LogP contribution < -0.4 is 0 Å². The third-order valence-corrected chi connectivity index (χ3v) is 1.88. The molecule has 0 aliphatic rings. The molecule has 56 valence electrons. The van der Waals surface area contributed by atoms with Gasteiger partial charge in [-0.1, -0.05) is 0 Å². The molecule has 0 radical (unpaired) electrons. The summed E-state index contributed by atoms with van der Waals surface area (Å²) in [6, 6.07) is 2.48. The minimum absolute atomic E-state index is 0.554. The second-order valence-electron chi connectivity index (χ2n) is 2.71. The van der Waals surface area contributed by atoms with Crippen molar-refractivity contribution >= 4 is 11.0 Å². The van der Waals surface area contributed by atoms with Crippen molar-refractivity contribution in [2.24, 2.45) is 7.05 Å². The molecule has 0 bridgehead atoms. The normalized spacial score (nSPS) is 12.0. The Morgan fingerprint density at radius 1 is 1.64 bits per heavy atom. The molecule has 2 heteroatoms. The Morgan fingerprint density at radius 3 is 3.18 bits per heavy atom. The van der Waals surface area contributed by atoms with Gasteiger partial charge in [-0.05, 0) is 24.6 Å². The first kappa shape index (κ1) is 5.35. The molecule has 0 amide bonds. The van der Waals surface area contributed by atoms with E-state index in [-0.39, 0.29) is 0 Å². The average molecular weight is 148 g/mol. The SMILES string of the molecule is [3H]c1cn(C)c2nccc(C)c12. The highest BCUT2D eigenvalue weighted by atomic mass is 15.0. The molecule has 0 aliphatic heterocycles. The van der Waals surface area contributed by atoms with Crippen molar-refractivity contribution in [2.75, 3.05) is 0 Å². The van der Waals surface area contributed by atoms with E-state index < -0.39 is 0 Å². The summed E-state index contributed by atoms with van der Waals surface area (Å²) in [5, 5.41) is 0.958. The van der Waals surface area contributed by atoms with Crippen molar-refractivity contribution < 1.29 is 1.37 Å². The fourth-order valence-electron chi connectivity index (χ4n) is 1.21. The molecule has 0 fully saturated rings. The Hall–Kier alpha value is -1.31. The van der Waals surface area contributed by atoms with Crippen LogP contribution in [0.1, 0.15) is 6.93 Å². The monoisotopic (exact) mass is 148 g/mol. The van der Waals surface area contributed by atoms with E-state index in [0.29, 0.717) is 6.04 Å². The molecular weight excluding hydrogens is 136 g/mol. The lowest BCUT2D eigenvalue weighted by atomic mass is 10.2. The molecule has 0 aromatic carbocycles. The van der Waals surface area contributed by atoms with Crippen LogP contribution in [0.5, 0.6) is 0 Å². The average Bonchev–Trinajstić information content (AvgIpc) is 2.29. The number of aromatic nitrogens is 2. The number of aryl methyl sites for hydroxylation is 2. The van der Waals surface area contributed by atoms with E-state index in [1.54, 1.807) is 12.4 Å². The van der Waals surface area contributed by atoms with Crippen molar-refractivity contribution in [3.8, 4) is 0 Å². The number of fused-ring (bicyclic) bond motifs is 1. The number of pyridine rings is 1. The van der Waals surface area contributed by atoms with Crippen LogP contribution in [0.15, 0.2) is 24.5 Å². The summed E-state index contributed by atoms with van der Waals surface area (Å²) in [6.45, 7) is 2.00. The number of hydrogen-bond acceptors (Lipinski definition) is 1. The minimum atomic E-state index is 0.554. The van der Waals surface area contributed by atoms with Crippen molar-refractivity contribution in [1.82, 2.24) is 9.55 Å². The molecule has 0 atom stereocenters. The van der Waals surface area contributed by atoms with E-state index in [4.69, 9.17) is 1.37 Å². The molecule has 2 nitrogen and oxygen atoms in total. The van der Waals surface area contributed by atoms with Gasteiger partial charge in [-0.2, -0.15) is 0 Å². The molecule has 2 heterocycles. The van der Waals surface area contributed by atoms with Gasteiger partial charge in [0.25, 0.3) is 0 Å². The van der Waals surface area contributed by atoms with Gasteiger partial charge in [-0.15, -0.1) is 0 Å². The largest absolute Gasteiger partial charge is 0.336 e. The van der Waals surface area contributed by atoms with Crippen LogP contribution in [-0.2, 0) is 7.05 Å². The van der Waals surface area contributed by atoms with E-state index in [1.807, 2.05) is 24.6 Å². The molecule has 0 spiro atoms. The molecular formula is C9H10N2. The number of hydrogen-bond donors (Lipinski definition) is 0. The van der Waals surface area contributed by atoms with Crippen LogP contribution in [0, 0.1) is 6.92 Å². The molecule has 11 heavy (non-hydrogen) atoms. The van der Waals surface area contributed by atoms with Gasteiger partial charge in [0.15, 0.2) is 0 Å². The van der Waals surface area contributed by atoms with Gasteiger partial charge in [0.05, 0.1) is 1.37 Å². The molecule has 0 saturated heterocycles. The molecule has 2 aromatic heterocycles. The van der Waals surface area contributed by atoms with Crippen molar-refractivity contribution in [2.45, 2.75) is 6.92 Å². The highest BCUT2D eigenvalue weighted by molar-refractivity contribution is 5.79. The molecule has 0 N–H and O–H groups in total. The molecule has 0 aliphatic carbocycles. The number of rotatable bonds is 0. The second-order valence-corrected chi connectivity index (χ2v) is 2.71. The minimum Gasteiger partial charge on any atom is -0.336 e. The van der Waals surface area contributed by atoms with Crippen LogP contribution >= 0.6 is 0 Å². The fraction of sp³-hybridized carbons (Fsp3) is 0.222.